The van der Waals surface area contributed by atoms with E-state index < -0.39 is 0 Å². The quantitative estimate of drug-likeness (QED) is 0.398. The molecule has 2 heteroatoms. The number of hydrogen-bond acceptors (Lipinski definition) is 2. The Hall–Kier alpha value is -0.500. The topological polar surface area (TPSA) is 21.8 Å². The Labute approximate surface area is 49.1 Å². The van der Waals surface area contributed by atoms with Crippen molar-refractivity contribution in [3.05, 3.63) is 11.8 Å². The van der Waals surface area contributed by atoms with Crippen LogP contribution in [0, 0.1) is 0 Å². The van der Waals surface area contributed by atoms with Crippen LogP contribution in [0.25, 0.3) is 0 Å². The first-order valence-electron chi connectivity index (χ1n) is 2.74. The molecule has 0 spiro atoms. The summed E-state index contributed by atoms with van der Waals surface area (Å²) < 4.78 is 9.97. The summed E-state index contributed by atoms with van der Waals surface area (Å²) in [7, 11) is 0. The van der Waals surface area contributed by atoms with E-state index in [1.807, 2.05) is 19.9 Å². The summed E-state index contributed by atoms with van der Waals surface area (Å²) in [5, 5.41) is 0. The van der Waals surface area contributed by atoms with Crippen LogP contribution in [0.4, 0.5) is 0 Å². The average molecular weight is 114 g/mol. The van der Waals surface area contributed by atoms with Crippen LogP contribution < -0.4 is 0 Å². The van der Waals surface area contributed by atoms with Gasteiger partial charge >= 0.3 is 0 Å². The molecule has 0 aliphatic carbocycles. The molecule has 0 N–H and O–H groups in total. The highest BCUT2D eigenvalue weighted by molar-refractivity contribution is 4.85. The molecule has 0 aromatic rings. The lowest BCUT2D eigenvalue weighted by atomic mass is 10.5. The van der Waals surface area contributed by atoms with E-state index in [9.17, 15) is 0 Å². The molecule has 1 fully saturated rings. The Morgan fingerprint density at radius 1 is 1.88 bits per heavy atom. The van der Waals surface area contributed by atoms with Crippen LogP contribution in [0.1, 0.15) is 13.8 Å². The van der Waals surface area contributed by atoms with E-state index in [1.165, 1.54) is 0 Å². The van der Waals surface area contributed by atoms with Gasteiger partial charge in [-0.1, -0.05) is 0 Å². The number of ether oxygens (including phenoxy) is 2. The molecule has 0 aromatic carbocycles. The first-order valence-corrected chi connectivity index (χ1v) is 2.74. The molecule has 1 aliphatic rings. The molecule has 1 unspecified atom stereocenters. The Morgan fingerprint density at radius 3 is 2.88 bits per heavy atom. The number of hydrogen-bond donors (Lipinski definition) is 0. The predicted octanol–water partition coefficient (Wildman–Crippen LogP) is 1.28. The fraction of sp³-hybridized carbons (Fsp3) is 0.667. The maximum Gasteiger partial charge on any atom is 0.223 e. The van der Waals surface area contributed by atoms with Crippen molar-refractivity contribution in [2.75, 3.05) is 6.61 Å². The van der Waals surface area contributed by atoms with E-state index in [-0.39, 0.29) is 6.29 Å². The highest BCUT2D eigenvalue weighted by atomic mass is 16.8. The van der Waals surface area contributed by atoms with Gasteiger partial charge in [-0.05, 0) is 19.9 Å². The minimum Gasteiger partial charge on any atom is -0.467 e. The summed E-state index contributed by atoms with van der Waals surface area (Å²) in [5.41, 5.74) is 0. The predicted molar refractivity (Wildman–Crippen MR) is 30.3 cm³/mol. The summed E-state index contributed by atoms with van der Waals surface area (Å²) in [4.78, 5) is 0. The normalized spacial score (nSPS) is 27.8. The zero-order chi connectivity index (χ0) is 5.98. The summed E-state index contributed by atoms with van der Waals surface area (Å²) in [6.07, 6.45) is 1.98. The zero-order valence-corrected chi connectivity index (χ0v) is 5.18. The second-order valence-electron chi connectivity index (χ2n) is 1.78. The van der Waals surface area contributed by atoms with Crippen LogP contribution in [0.3, 0.4) is 0 Å². The molecule has 46 valence electrons. The fourth-order valence-corrected chi connectivity index (χ4v) is 0.383. The minimum absolute atomic E-state index is 0.0613. The fourth-order valence-electron chi connectivity index (χ4n) is 0.383. The summed E-state index contributed by atoms with van der Waals surface area (Å²) in [6.45, 7) is 4.62. The second kappa shape index (κ2) is 2.18. The van der Waals surface area contributed by atoms with Gasteiger partial charge in [0.1, 0.15) is 6.61 Å². The van der Waals surface area contributed by atoms with E-state index in [0.29, 0.717) is 0 Å². The second-order valence-corrected chi connectivity index (χ2v) is 1.78. The first kappa shape index (κ1) is 5.63. The molecular weight excluding hydrogens is 104 g/mol. The average Bonchev–Trinajstić information content (AvgIpc) is 2.50. The van der Waals surface area contributed by atoms with E-state index in [1.54, 1.807) is 0 Å². The van der Waals surface area contributed by atoms with Crippen molar-refractivity contribution >= 4 is 0 Å². The lowest BCUT2D eigenvalue weighted by Gasteiger charge is -1.97. The van der Waals surface area contributed by atoms with E-state index >= 15 is 0 Å². The lowest BCUT2D eigenvalue weighted by Crippen LogP contribution is -1.90. The van der Waals surface area contributed by atoms with Gasteiger partial charge in [0.05, 0.1) is 5.76 Å². The van der Waals surface area contributed by atoms with E-state index in [0.717, 1.165) is 12.4 Å². The molecule has 0 aromatic heterocycles. The first-order chi connectivity index (χ1) is 3.83. The number of allylic oxidation sites excluding steroid dienone is 2. The van der Waals surface area contributed by atoms with Gasteiger partial charge in [0.25, 0.3) is 0 Å². The Balaban J connectivity index is 2.16. The molecule has 0 radical (unpaired) electrons. The van der Waals surface area contributed by atoms with Gasteiger partial charge < -0.3 is 9.47 Å². The highest BCUT2D eigenvalue weighted by Gasteiger charge is 2.23. The maximum atomic E-state index is 5.15. The van der Waals surface area contributed by atoms with Crippen molar-refractivity contribution < 1.29 is 9.47 Å². The Morgan fingerprint density at radius 2 is 2.50 bits per heavy atom. The molecule has 1 heterocycles. The van der Waals surface area contributed by atoms with Crippen LogP contribution in [0.2, 0.25) is 0 Å². The zero-order valence-electron chi connectivity index (χ0n) is 5.18. The number of rotatable bonds is 2. The lowest BCUT2D eigenvalue weighted by molar-refractivity contribution is 0.107. The van der Waals surface area contributed by atoms with Gasteiger partial charge in [-0.2, -0.15) is 0 Å². The largest absolute Gasteiger partial charge is 0.467 e. The summed E-state index contributed by atoms with van der Waals surface area (Å²) >= 11 is 0. The van der Waals surface area contributed by atoms with Gasteiger partial charge in [-0.3, -0.25) is 0 Å². The van der Waals surface area contributed by atoms with Crippen LogP contribution in [-0.2, 0) is 9.47 Å². The molecule has 8 heavy (non-hydrogen) atoms. The monoisotopic (exact) mass is 114 g/mol. The number of epoxide rings is 1. The Bertz CT molecular complexity index is 103. The van der Waals surface area contributed by atoms with Gasteiger partial charge in [0.15, 0.2) is 0 Å². The van der Waals surface area contributed by atoms with Crippen molar-refractivity contribution in [3.8, 4) is 0 Å². The van der Waals surface area contributed by atoms with Gasteiger partial charge in [0, 0.05) is 0 Å². The van der Waals surface area contributed by atoms with Crippen LogP contribution in [0.5, 0.6) is 0 Å². The summed E-state index contributed by atoms with van der Waals surface area (Å²) in [6, 6.07) is 0. The smallest absolute Gasteiger partial charge is 0.223 e. The van der Waals surface area contributed by atoms with E-state index in [4.69, 9.17) is 9.47 Å². The third kappa shape index (κ3) is 1.54. The molecule has 1 rings (SSSR count). The molecular formula is C6H10O2. The molecule has 1 atom stereocenters. The van der Waals surface area contributed by atoms with Crippen molar-refractivity contribution in [1.82, 2.24) is 0 Å². The minimum atomic E-state index is 0.0613. The van der Waals surface area contributed by atoms with Gasteiger partial charge in [-0.15, -0.1) is 0 Å². The van der Waals surface area contributed by atoms with Crippen LogP contribution in [-0.4, -0.2) is 12.9 Å². The van der Waals surface area contributed by atoms with Crippen LogP contribution >= 0.6 is 0 Å². The Kier molecular flexibility index (Phi) is 1.53. The van der Waals surface area contributed by atoms with Crippen molar-refractivity contribution in [1.29, 1.82) is 0 Å². The molecule has 0 saturated carbocycles. The molecule has 1 saturated heterocycles. The highest BCUT2D eigenvalue weighted by Crippen LogP contribution is 2.14. The standard InChI is InChI=1S/C6H10O2/c1-3-5(2)8-6-4-7-6/h3,6H,4H2,1-2H3/b5-3+. The van der Waals surface area contributed by atoms with E-state index in [2.05, 4.69) is 0 Å². The van der Waals surface area contributed by atoms with Gasteiger partial charge in [0.2, 0.25) is 6.29 Å². The SMILES string of the molecule is C/C=C(\C)OC1CO1. The molecule has 2 nitrogen and oxygen atoms in total. The van der Waals surface area contributed by atoms with Crippen molar-refractivity contribution in [2.24, 2.45) is 0 Å². The van der Waals surface area contributed by atoms with Crippen LogP contribution in [0.15, 0.2) is 11.8 Å². The van der Waals surface area contributed by atoms with Crippen molar-refractivity contribution in [2.45, 2.75) is 20.1 Å². The molecule has 0 bridgehead atoms. The maximum absolute atomic E-state index is 5.15. The van der Waals surface area contributed by atoms with Crippen molar-refractivity contribution in [3.63, 3.8) is 0 Å². The molecule has 0 amide bonds. The summed E-state index contributed by atoms with van der Waals surface area (Å²) in [5.74, 6) is 0.938. The third-order valence-corrected chi connectivity index (χ3v) is 1.03. The van der Waals surface area contributed by atoms with Gasteiger partial charge in [-0.25, -0.2) is 0 Å². The third-order valence-electron chi connectivity index (χ3n) is 1.03. The molecule has 1 aliphatic heterocycles.